The van der Waals surface area contributed by atoms with Gasteiger partial charge >= 0.3 is 0 Å². The van der Waals surface area contributed by atoms with Crippen molar-refractivity contribution in [2.24, 2.45) is 11.7 Å². The molecule has 7 heteroatoms. The minimum Gasteiger partial charge on any atom is -0.328 e. The van der Waals surface area contributed by atoms with Crippen molar-refractivity contribution in [1.82, 2.24) is 4.31 Å². The lowest BCUT2D eigenvalue weighted by Crippen LogP contribution is -2.45. The molecule has 0 radical (unpaired) electrons. The number of piperidine rings is 1. The lowest BCUT2D eigenvalue weighted by atomic mass is 9.93. The van der Waals surface area contributed by atoms with Crippen molar-refractivity contribution in [1.29, 1.82) is 0 Å². The molecule has 1 aliphatic rings. The van der Waals surface area contributed by atoms with Crippen LogP contribution < -0.4 is 5.73 Å². The summed E-state index contributed by atoms with van der Waals surface area (Å²) < 4.78 is 53.8. The molecule has 2 atom stereocenters. The number of halogens is 2. The minimum absolute atomic E-state index is 0.0341. The maximum atomic E-state index is 13.9. The summed E-state index contributed by atoms with van der Waals surface area (Å²) >= 11 is 0. The zero-order chi connectivity index (χ0) is 15.8. The average molecular weight is 318 g/mol. The van der Waals surface area contributed by atoms with Crippen LogP contribution in [-0.2, 0) is 10.0 Å². The fourth-order valence-electron chi connectivity index (χ4n) is 2.59. The number of hydrogen-bond donors (Lipinski definition) is 1. The molecule has 1 aliphatic heterocycles. The monoisotopic (exact) mass is 318 g/mol. The van der Waals surface area contributed by atoms with E-state index in [9.17, 15) is 17.2 Å². The second-order valence-corrected chi connectivity index (χ2v) is 7.56. The van der Waals surface area contributed by atoms with E-state index in [0.29, 0.717) is 13.0 Å². The van der Waals surface area contributed by atoms with E-state index in [2.05, 4.69) is 0 Å². The Morgan fingerprint density at radius 1 is 1.33 bits per heavy atom. The molecule has 21 heavy (non-hydrogen) atoms. The topological polar surface area (TPSA) is 63.4 Å². The van der Waals surface area contributed by atoms with Gasteiger partial charge in [0.05, 0.1) is 0 Å². The van der Waals surface area contributed by atoms with Crippen LogP contribution in [0.1, 0.15) is 25.3 Å². The predicted molar refractivity (Wildman–Crippen MR) is 76.2 cm³/mol. The summed E-state index contributed by atoms with van der Waals surface area (Å²) in [5.74, 6) is -1.61. The van der Waals surface area contributed by atoms with E-state index in [1.54, 1.807) is 0 Å². The molecule has 0 unspecified atom stereocenters. The van der Waals surface area contributed by atoms with Gasteiger partial charge in [0.2, 0.25) is 10.0 Å². The van der Waals surface area contributed by atoms with E-state index in [0.717, 1.165) is 18.6 Å². The Morgan fingerprint density at radius 3 is 2.62 bits per heavy atom. The van der Waals surface area contributed by atoms with Crippen molar-refractivity contribution in [2.45, 2.75) is 37.6 Å². The zero-order valence-electron chi connectivity index (χ0n) is 12.1. The number of sulfonamides is 1. The second-order valence-electron chi connectivity index (χ2n) is 5.66. The van der Waals surface area contributed by atoms with E-state index < -0.39 is 26.6 Å². The Labute approximate surface area is 124 Å². The predicted octanol–water partition coefficient (Wildman–Crippen LogP) is 2.02. The van der Waals surface area contributed by atoms with Crippen LogP contribution in [0.25, 0.3) is 0 Å². The summed E-state index contributed by atoms with van der Waals surface area (Å²) in [6.45, 7) is 3.77. The van der Waals surface area contributed by atoms with Gasteiger partial charge in [0.15, 0.2) is 0 Å². The summed E-state index contributed by atoms with van der Waals surface area (Å²) in [4.78, 5) is -0.601. The Kier molecular flexibility index (Phi) is 4.65. The minimum atomic E-state index is -4.04. The van der Waals surface area contributed by atoms with Gasteiger partial charge in [0.1, 0.15) is 16.5 Å². The number of rotatable bonds is 3. The van der Waals surface area contributed by atoms with Gasteiger partial charge in [-0.2, -0.15) is 4.31 Å². The van der Waals surface area contributed by atoms with Crippen LogP contribution in [0.5, 0.6) is 0 Å². The van der Waals surface area contributed by atoms with Gasteiger partial charge in [-0.25, -0.2) is 17.2 Å². The van der Waals surface area contributed by atoms with Crippen molar-refractivity contribution in [2.75, 3.05) is 13.1 Å². The first-order valence-corrected chi connectivity index (χ1v) is 8.39. The Hall–Kier alpha value is -1.05. The molecule has 1 fully saturated rings. The number of nitrogens with zero attached hydrogens (tertiary/aromatic N) is 1. The number of aryl methyl sites for hydroxylation is 1. The third-order valence-electron chi connectivity index (χ3n) is 4.00. The highest BCUT2D eigenvalue weighted by Gasteiger charge is 2.33. The third-order valence-corrected chi connectivity index (χ3v) is 5.88. The van der Waals surface area contributed by atoms with Crippen molar-refractivity contribution in [3.05, 3.63) is 29.3 Å². The van der Waals surface area contributed by atoms with Crippen LogP contribution in [0, 0.1) is 24.5 Å². The van der Waals surface area contributed by atoms with Gasteiger partial charge in [-0.1, -0.05) is 0 Å². The van der Waals surface area contributed by atoms with Crippen LogP contribution in [0.15, 0.2) is 17.0 Å². The quantitative estimate of drug-likeness (QED) is 0.927. The Morgan fingerprint density at radius 2 is 2.00 bits per heavy atom. The van der Waals surface area contributed by atoms with Crippen molar-refractivity contribution >= 4 is 10.0 Å². The van der Waals surface area contributed by atoms with E-state index in [4.69, 9.17) is 5.73 Å². The van der Waals surface area contributed by atoms with Crippen LogP contribution in [0.4, 0.5) is 8.78 Å². The molecule has 0 spiro atoms. The normalized spacial score (nSPS) is 22.2. The maximum Gasteiger partial charge on any atom is 0.246 e. The molecule has 1 saturated heterocycles. The highest BCUT2D eigenvalue weighted by molar-refractivity contribution is 7.89. The van der Waals surface area contributed by atoms with Crippen molar-refractivity contribution in [3.8, 4) is 0 Å². The molecule has 1 heterocycles. The second kappa shape index (κ2) is 5.98. The molecular weight excluding hydrogens is 298 g/mol. The van der Waals surface area contributed by atoms with Crippen LogP contribution in [0.3, 0.4) is 0 Å². The molecule has 0 saturated carbocycles. The fourth-order valence-corrected chi connectivity index (χ4v) is 4.18. The van der Waals surface area contributed by atoms with Gasteiger partial charge < -0.3 is 5.73 Å². The van der Waals surface area contributed by atoms with Crippen molar-refractivity contribution < 1.29 is 17.2 Å². The number of nitrogens with two attached hydrogens (primary N) is 1. The van der Waals surface area contributed by atoms with E-state index in [-0.39, 0.29) is 24.1 Å². The number of hydrogen-bond acceptors (Lipinski definition) is 3. The SMILES string of the molecule is Cc1cc(F)c(S(=O)(=O)N2CCC[C@H]([C@@H](C)N)C2)cc1F. The molecule has 2 rings (SSSR count). The maximum absolute atomic E-state index is 13.9. The molecule has 1 aromatic rings. The molecule has 2 N–H and O–H groups in total. The van der Waals surface area contributed by atoms with E-state index >= 15 is 0 Å². The molecule has 118 valence electrons. The summed E-state index contributed by atoms with van der Waals surface area (Å²) in [5.41, 5.74) is 5.91. The van der Waals surface area contributed by atoms with E-state index in [1.807, 2.05) is 6.92 Å². The van der Waals surface area contributed by atoms with Crippen LogP contribution in [-0.4, -0.2) is 31.9 Å². The fraction of sp³-hybridized carbons (Fsp3) is 0.571. The number of benzene rings is 1. The van der Waals surface area contributed by atoms with Crippen molar-refractivity contribution in [3.63, 3.8) is 0 Å². The molecular formula is C14H20F2N2O2S. The van der Waals surface area contributed by atoms with Gasteiger partial charge in [-0.15, -0.1) is 0 Å². The first-order chi connectivity index (χ1) is 9.73. The summed E-state index contributed by atoms with van der Waals surface area (Å²) in [5, 5.41) is 0. The third kappa shape index (κ3) is 3.25. The summed E-state index contributed by atoms with van der Waals surface area (Å²) in [6.07, 6.45) is 1.51. The molecule has 0 aromatic heterocycles. The summed E-state index contributed by atoms with van der Waals surface area (Å²) in [7, 11) is -4.04. The zero-order valence-corrected chi connectivity index (χ0v) is 13.0. The lowest BCUT2D eigenvalue weighted by molar-refractivity contribution is 0.242. The molecule has 4 nitrogen and oxygen atoms in total. The molecule has 0 amide bonds. The Balaban J connectivity index is 2.36. The molecule has 0 aliphatic carbocycles. The van der Waals surface area contributed by atoms with Crippen LogP contribution >= 0.6 is 0 Å². The standard InChI is InChI=1S/C14H20F2N2O2S/c1-9-6-13(16)14(7-12(9)15)21(19,20)18-5-3-4-11(8-18)10(2)17/h6-7,10-11H,3-5,8,17H2,1-2H3/t10-,11+/m1/s1. The smallest absolute Gasteiger partial charge is 0.246 e. The van der Waals surface area contributed by atoms with Gasteiger partial charge in [0, 0.05) is 19.1 Å². The first-order valence-electron chi connectivity index (χ1n) is 6.95. The molecule has 1 aromatic carbocycles. The lowest BCUT2D eigenvalue weighted by Gasteiger charge is -2.33. The highest BCUT2D eigenvalue weighted by Crippen LogP contribution is 2.27. The molecule has 0 bridgehead atoms. The van der Waals surface area contributed by atoms with Gasteiger partial charge in [-0.05, 0) is 50.3 Å². The van der Waals surface area contributed by atoms with Gasteiger partial charge in [-0.3, -0.25) is 0 Å². The Bertz CT molecular complexity index is 632. The summed E-state index contributed by atoms with van der Waals surface area (Å²) in [6, 6.07) is 1.53. The average Bonchev–Trinajstić information content (AvgIpc) is 2.42. The van der Waals surface area contributed by atoms with Crippen LogP contribution in [0.2, 0.25) is 0 Å². The largest absolute Gasteiger partial charge is 0.328 e. The van der Waals surface area contributed by atoms with Gasteiger partial charge in [0.25, 0.3) is 0 Å². The highest BCUT2D eigenvalue weighted by atomic mass is 32.2. The van der Waals surface area contributed by atoms with E-state index in [1.165, 1.54) is 11.2 Å². The first kappa shape index (κ1) is 16.3.